The lowest BCUT2D eigenvalue weighted by molar-refractivity contribution is 0.0783. The highest BCUT2D eigenvalue weighted by atomic mass is 16.5. The van der Waals surface area contributed by atoms with Gasteiger partial charge in [-0.2, -0.15) is 0 Å². The smallest absolute Gasteiger partial charge is 0.0480 e. The minimum atomic E-state index is 0.650. The van der Waals surface area contributed by atoms with Gasteiger partial charge in [-0.1, -0.05) is 0 Å². The molecule has 1 heterocycles. The number of ether oxygens (including phenoxy) is 1. The highest BCUT2D eigenvalue weighted by molar-refractivity contribution is 4.69. The van der Waals surface area contributed by atoms with Crippen LogP contribution in [0.1, 0.15) is 12.8 Å². The van der Waals surface area contributed by atoms with Crippen LogP contribution in [0, 0.1) is 0 Å². The minimum Gasteiger partial charge on any atom is -0.381 e. The third kappa shape index (κ3) is 2.64. The largest absolute Gasteiger partial charge is 0.381 e. The predicted octanol–water partition coefficient (Wildman–Crippen LogP) is -0.286. The van der Waals surface area contributed by atoms with Crippen molar-refractivity contribution in [3.63, 3.8) is 0 Å². The van der Waals surface area contributed by atoms with Gasteiger partial charge in [0.25, 0.3) is 0 Å². The summed E-state index contributed by atoms with van der Waals surface area (Å²) in [5.74, 6) is 0. The quantitative estimate of drug-likeness (QED) is 0.572. The fourth-order valence-electron chi connectivity index (χ4n) is 1.19. The maximum atomic E-state index is 5.35. The summed E-state index contributed by atoms with van der Waals surface area (Å²) in [5, 5.41) is 3.37. The minimum absolute atomic E-state index is 0.650. The molecule has 0 spiro atoms. The van der Waals surface area contributed by atoms with Gasteiger partial charge in [0.2, 0.25) is 0 Å². The standard InChI is InChI=1S/C7H16N2O/c8-3-4-9-7-1-5-10-6-2-7/h7,9H,1-6,8H2. The van der Waals surface area contributed by atoms with Crippen molar-refractivity contribution in [3.8, 4) is 0 Å². The van der Waals surface area contributed by atoms with Crippen molar-refractivity contribution >= 4 is 0 Å². The van der Waals surface area contributed by atoms with Crippen molar-refractivity contribution < 1.29 is 4.74 Å². The van der Waals surface area contributed by atoms with Crippen molar-refractivity contribution in [2.24, 2.45) is 5.73 Å². The van der Waals surface area contributed by atoms with Crippen molar-refractivity contribution in [2.45, 2.75) is 18.9 Å². The molecule has 3 nitrogen and oxygen atoms in total. The van der Waals surface area contributed by atoms with E-state index in [2.05, 4.69) is 5.32 Å². The molecule has 1 aliphatic heterocycles. The monoisotopic (exact) mass is 144 g/mol. The second-order valence-electron chi connectivity index (χ2n) is 2.63. The second kappa shape index (κ2) is 4.66. The van der Waals surface area contributed by atoms with Gasteiger partial charge in [-0.3, -0.25) is 0 Å². The SMILES string of the molecule is NCCNC1CCOCC1. The van der Waals surface area contributed by atoms with Gasteiger partial charge in [0.1, 0.15) is 0 Å². The van der Waals surface area contributed by atoms with Gasteiger partial charge in [0.15, 0.2) is 0 Å². The third-order valence-corrected chi connectivity index (χ3v) is 1.80. The van der Waals surface area contributed by atoms with E-state index in [0.29, 0.717) is 6.04 Å². The molecule has 1 rings (SSSR count). The van der Waals surface area contributed by atoms with Gasteiger partial charge in [-0.25, -0.2) is 0 Å². The fourth-order valence-corrected chi connectivity index (χ4v) is 1.19. The number of rotatable bonds is 3. The van der Waals surface area contributed by atoms with Gasteiger partial charge in [-0.15, -0.1) is 0 Å². The summed E-state index contributed by atoms with van der Waals surface area (Å²) in [4.78, 5) is 0. The van der Waals surface area contributed by atoms with Crippen LogP contribution in [0.15, 0.2) is 0 Å². The first-order valence-corrected chi connectivity index (χ1v) is 3.94. The van der Waals surface area contributed by atoms with Crippen LogP contribution >= 0.6 is 0 Å². The second-order valence-corrected chi connectivity index (χ2v) is 2.63. The molecule has 0 aliphatic carbocycles. The fraction of sp³-hybridized carbons (Fsp3) is 1.00. The van der Waals surface area contributed by atoms with Gasteiger partial charge in [-0.05, 0) is 12.8 Å². The predicted molar refractivity (Wildman–Crippen MR) is 40.9 cm³/mol. The Balaban J connectivity index is 2.02. The molecule has 0 aromatic rings. The summed E-state index contributed by atoms with van der Waals surface area (Å²) in [6.45, 7) is 3.48. The molecular weight excluding hydrogens is 128 g/mol. The first-order chi connectivity index (χ1) is 4.93. The van der Waals surface area contributed by atoms with Crippen molar-refractivity contribution in [2.75, 3.05) is 26.3 Å². The van der Waals surface area contributed by atoms with Crippen LogP contribution in [-0.2, 0) is 4.74 Å². The Hall–Kier alpha value is -0.120. The summed E-state index contributed by atoms with van der Waals surface area (Å²) in [6.07, 6.45) is 2.28. The molecule has 0 unspecified atom stereocenters. The lowest BCUT2D eigenvalue weighted by Gasteiger charge is -2.22. The molecule has 0 aromatic heterocycles. The molecule has 10 heavy (non-hydrogen) atoms. The van der Waals surface area contributed by atoms with E-state index < -0.39 is 0 Å². The Morgan fingerprint density at radius 3 is 2.70 bits per heavy atom. The molecule has 1 aliphatic rings. The van der Waals surface area contributed by atoms with Crippen molar-refractivity contribution in [1.82, 2.24) is 5.32 Å². The van der Waals surface area contributed by atoms with Crippen molar-refractivity contribution in [3.05, 3.63) is 0 Å². The number of hydrogen-bond acceptors (Lipinski definition) is 3. The van der Waals surface area contributed by atoms with Crippen LogP contribution in [0.2, 0.25) is 0 Å². The van der Waals surface area contributed by atoms with Crippen LogP contribution in [0.4, 0.5) is 0 Å². The van der Waals surface area contributed by atoms with E-state index in [9.17, 15) is 0 Å². The van der Waals surface area contributed by atoms with Crippen LogP contribution in [-0.4, -0.2) is 32.3 Å². The molecule has 0 saturated carbocycles. The summed E-state index contributed by atoms with van der Waals surface area (Å²) >= 11 is 0. The third-order valence-electron chi connectivity index (χ3n) is 1.80. The Bertz CT molecular complexity index is 81.7. The Kier molecular flexibility index (Phi) is 3.72. The van der Waals surface area contributed by atoms with E-state index >= 15 is 0 Å². The maximum absolute atomic E-state index is 5.35. The summed E-state index contributed by atoms with van der Waals surface area (Å²) in [7, 11) is 0. The molecular formula is C7H16N2O. The van der Waals surface area contributed by atoms with E-state index in [4.69, 9.17) is 10.5 Å². The van der Waals surface area contributed by atoms with Gasteiger partial charge >= 0.3 is 0 Å². The van der Waals surface area contributed by atoms with Crippen molar-refractivity contribution in [1.29, 1.82) is 0 Å². The van der Waals surface area contributed by atoms with Crippen LogP contribution < -0.4 is 11.1 Å². The zero-order valence-corrected chi connectivity index (χ0v) is 6.31. The molecule has 1 fully saturated rings. The average molecular weight is 144 g/mol. The first kappa shape index (κ1) is 7.98. The zero-order valence-electron chi connectivity index (χ0n) is 6.31. The number of nitrogens with one attached hydrogen (secondary N) is 1. The normalized spacial score (nSPS) is 21.3. The molecule has 3 N–H and O–H groups in total. The van der Waals surface area contributed by atoms with Gasteiger partial charge in [0, 0.05) is 32.3 Å². The Morgan fingerprint density at radius 1 is 1.40 bits per heavy atom. The molecule has 0 amide bonds. The Morgan fingerprint density at radius 2 is 2.10 bits per heavy atom. The van der Waals surface area contributed by atoms with Gasteiger partial charge in [0.05, 0.1) is 0 Å². The number of nitrogens with two attached hydrogens (primary N) is 1. The van der Waals surface area contributed by atoms with Crippen LogP contribution in [0.5, 0.6) is 0 Å². The summed E-state index contributed by atoms with van der Waals surface area (Å²) in [5.41, 5.74) is 5.35. The number of hydrogen-bond donors (Lipinski definition) is 2. The average Bonchev–Trinajstić information content (AvgIpc) is 2.03. The summed E-state index contributed by atoms with van der Waals surface area (Å²) < 4.78 is 5.21. The first-order valence-electron chi connectivity index (χ1n) is 3.94. The molecule has 60 valence electrons. The Labute approximate surface area is 61.9 Å². The van der Waals surface area contributed by atoms with Crippen LogP contribution in [0.3, 0.4) is 0 Å². The lowest BCUT2D eigenvalue weighted by Crippen LogP contribution is -2.37. The molecule has 0 bridgehead atoms. The topological polar surface area (TPSA) is 47.3 Å². The molecule has 1 saturated heterocycles. The molecule has 0 aromatic carbocycles. The molecule has 3 heteroatoms. The molecule has 0 radical (unpaired) electrons. The maximum Gasteiger partial charge on any atom is 0.0480 e. The highest BCUT2D eigenvalue weighted by Gasteiger charge is 2.11. The van der Waals surface area contributed by atoms with E-state index in [1.807, 2.05) is 0 Å². The van der Waals surface area contributed by atoms with Gasteiger partial charge < -0.3 is 15.8 Å². The highest BCUT2D eigenvalue weighted by Crippen LogP contribution is 2.04. The lowest BCUT2D eigenvalue weighted by atomic mass is 10.1. The van der Waals surface area contributed by atoms with E-state index in [1.54, 1.807) is 0 Å². The zero-order chi connectivity index (χ0) is 7.23. The molecule has 0 atom stereocenters. The van der Waals surface area contributed by atoms with E-state index in [1.165, 1.54) is 0 Å². The summed E-state index contributed by atoms with van der Waals surface area (Å²) in [6, 6.07) is 0.650. The van der Waals surface area contributed by atoms with E-state index in [0.717, 1.165) is 39.1 Å². The van der Waals surface area contributed by atoms with E-state index in [-0.39, 0.29) is 0 Å². The van der Waals surface area contributed by atoms with Crippen LogP contribution in [0.25, 0.3) is 0 Å².